The van der Waals surface area contributed by atoms with E-state index in [1.54, 1.807) is 0 Å². The van der Waals surface area contributed by atoms with Crippen LogP contribution in [-0.2, 0) is 21.6 Å². The summed E-state index contributed by atoms with van der Waals surface area (Å²) in [5.74, 6) is 0.500. The Kier molecular flexibility index (Phi) is 5.78. The van der Waals surface area contributed by atoms with Crippen LogP contribution in [0.25, 0.3) is 22.0 Å². The molecule has 3 rings (SSSR count). The summed E-state index contributed by atoms with van der Waals surface area (Å²) in [6, 6.07) is 13.5. The Morgan fingerprint density at radius 3 is 2.44 bits per heavy atom. The molecule has 8 heteroatoms. The van der Waals surface area contributed by atoms with Crippen LogP contribution in [0.3, 0.4) is 0 Å². The van der Waals surface area contributed by atoms with Crippen molar-refractivity contribution >= 4 is 39.9 Å². The van der Waals surface area contributed by atoms with E-state index in [9.17, 15) is 9.00 Å². The van der Waals surface area contributed by atoms with E-state index in [-0.39, 0.29) is 11.8 Å². The Labute approximate surface area is 159 Å². The first-order valence-electron chi connectivity index (χ1n) is 8.42. The second-order valence-corrected chi connectivity index (χ2v) is 7.31. The maximum Gasteiger partial charge on any atom is 0.212 e. The summed E-state index contributed by atoms with van der Waals surface area (Å²) in [5.41, 5.74) is 4.16. The first-order chi connectivity index (χ1) is 13.0. The molecule has 1 atom stereocenters. The second kappa shape index (κ2) is 8.24. The van der Waals surface area contributed by atoms with Gasteiger partial charge >= 0.3 is 0 Å². The Hall–Kier alpha value is -2.84. The molecule has 0 saturated heterocycles. The van der Waals surface area contributed by atoms with Gasteiger partial charge in [-0.15, -0.1) is 10.2 Å². The van der Waals surface area contributed by atoms with E-state index in [0.717, 1.165) is 27.8 Å². The van der Waals surface area contributed by atoms with Gasteiger partial charge in [0.25, 0.3) is 0 Å². The highest BCUT2D eigenvalue weighted by atomic mass is 32.2. The largest absolute Gasteiger partial charge is 0.379 e. The van der Waals surface area contributed by atoms with Crippen molar-refractivity contribution in [3.05, 3.63) is 48.0 Å². The van der Waals surface area contributed by atoms with Crippen molar-refractivity contribution in [1.82, 2.24) is 10.2 Å². The summed E-state index contributed by atoms with van der Waals surface area (Å²) < 4.78 is 19.9. The lowest BCUT2D eigenvalue weighted by Gasteiger charge is -2.15. The highest BCUT2D eigenvalue weighted by molar-refractivity contribution is 7.78. The number of benzene rings is 2. The van der Waals surface area contributed by atoms with E-state index in [2.05, 4.69) is 20.8 Å². The van der Waals surface area contributed by atoms with Crippen LogP contribution in [0.1, 0.15) is 19.4 Å². The molecule has 3 aromatic rings. The monoisotopic (exact) mass is 384 g/mol. The molecule has 1 heterocycles. The molecule has 140 valence electrons. The molecule has 1 aromatic heterocycles. The van der Waals surface area contributed by atoms with Crippen molar-refractivity contribution in [2.24, 2.45) is 0 Å². The minimum absolute atomic E-state index is 0.111. The van der Waals surface area contributed by atoms with Crippen molar-refractivity contribution in [2.45, 2.75) is 25.6 Å². The maximum atomic E-state index is 10.9. The summed E-state index contributed by atoms with van der Waals surface area (Å²) in [7, 11) is 0. The van der Waals surface area contributed by atoms with Crippen LogP contribution in [0.4, 0.5) is 11.5 Å². The molecule has 3 N–H and O–H groups in total. The number of hydrogen-bond donors (Lipinski definition) is 3. The predicted octanol–water partition coefficient (Wildman–Crippen LogP) is 3.41. The van der Waals surface area contributed by atoms with Crippen molar-refractivity contribution in [2.75, 3.05) is 10.6 Å². The molecule has 2 aromatic carbocycles. The van der Waals surface area contributed by atoms with Gasteiger partial charge in [-0.2, -0.15) is 0 Å². The zero-order valence-corrected chi connectivity index (χ0v) is 15.8. The minimum atomic E-state index is -1.85. The molecule has 0 radical (unpaired) electrons. The predicted molar refractivity (Wildman–Crippen MR) is 108 cm³/mol. The van der Waals surface area contributed by atoms with E-state index in [1.165, 1.54) is 0 Å². The molecule has 0 bridgehead atoms. The van der Waals surface area contributed by atoms with Crippen LogP contribution < -0.4 is 10.6 Å². The molecule has 7 nitrogen and oxygen atoms in total. The van der Waals surface area contributed by atoms with Crippen molar-refractivity contribution in [1.29, 1.82) is 0 Å². The molecular formula is C19H20N4O3S. The summed E-state index contributed by atoms with van der Waals surface area (Å²) >= 11 is -1.85. The van der Waals surface area contributed by atoms with Crippen LogP contribution in [0.2, 0.25) is 0 Å². The molecule has 0 aliphatic rings. The highest BCUT2D eigenvalue weighted by Gasteiger charge is 2.12. The third-order valence-electron chi connectivity index (χ3n) is 3.97. The van der Waals surface area contributed by atoms with Gasteiger partial charge in [0, 0.05) is 11.4 Å². The fourth-order valence-corrected chi connectivity index (χ4v) is 3.29. The Morgan fingerprint density at radius 2 is 1.81 bits per heavy atom. The third kappa shape index (κ3) is 4.47. The molecule has 0 aliphatic heterocycles. The summed E-state index contributed by atoms with van der Waals surface area (Å²) in [5, 5.41) is 15.1. The second-order valence-electron chi connectivity index (χ2n) is 6.38. The first kappa shape index (κ1) is 18.9. The lowest BCUT2D eigenvalue weighted by atomic mass is 10.0. The van der Waals surface area contributed by atoms with Gasteiger partial charge in [-0.25, -0.2) is 4.21 Å². The SMILES string of the molecule is CC(C)Nc1c(NC=O)nnc2cc(-c3ccc(CS(=O)O)cc3)ccc12. The minimum Gasteiger partial charge on any atom is -0.379 e. The number of nitrogens with zero attached hydrogens (tertiary/aromatic N) is 2. The van der Waals surface area contributed by atoms with Gasteiger partial charge in [0.15, 0.2) is 16.9 Å². The van der Waals surface area contributed by atoms with Crippen molar-refractivity contribution in [3.63, 3.8) is 0 Å². The Balaban J connectivity index is 2.01. The van der Waals surface area contributed by atoms with Gasteiger partial charge in [-0.1, -0.05) is 30.3 Å². The lowest BCUT2D eigenvalue weighted by Crippen LogP contribution is -2.13. The number of aromatic nitrogens is 2. The highest BCUT2D eigenvalue weighted by Crippen LogP contribution is 2.31. The van der Waals surface area contributed by atoms with E-state index >= 15 is 0 Å². The van der Waals surface area contributed by atoms with Gasteiger partial charge in [-0.05, 0) is 42.7 Å². The summed E-state index contributed by atoms with van der Waals surface area (Å²) in [4.78, 5) is 10.8. The Morgan fingerprint density at radius 1 is 1.11 bits per heavy atom. The van der Waals surface area contributed by atoms with E-state index in [1.807, 2.05) is 56.3 Å². The number of hydrogen-bond acceptors (Lipinski definition) is 5. The topological polar surface area (TPSA) is 104 Å². The number of rotatable bonds is 7. The molecule has 0 aliphatic carbocycles. The van der Waals surface area contributed by atoms with Gasteiger partial charge in [0.1, 0.15) is 0 Å². The number of carbonyl (C=O) groups excluding carboxylic acids is 1. The molecule has 0 spiro atoms. The van der Waals surface area contributed by atoms with Gasteiger partial charge in [0.05, 0.1) is 17.0 Å². The van der Waals surface area contributed by atoms with Crippen molar-refractivity contribution in [3.8, 4) is 11.1 Å². The number of amides is 1. The standard InChI is InChI=1S/C19H20N4O3S/c1-12(2)21-18-16-8-7-15(9-17(16)22-23-19(18)20-11-24)14-5-3-13(4-6-14)10-27(25)26/h3-9,11-12H,10H2,1-2H3,(H,21,22)(H,25,26)(H,20,23,24). The maximum absolute atomic E-state index is 10.9. The van der Waals surface area contributed by atoms with Crippen LogP contribution in [0.15, 0.2) is 42.5 Å². The van der Waals surface area contributed by atoms with Crippen LogP contribution >= 0.6 is 0 Å². The van der Waals surface area contributed by atoms with Crippen LogP contribution in [0, 0.1) is 0 Å². The number of carbonyl (C=O) groups is 1. The molecular weight excluding hydrogens is 364 g/mol. The molecule has 0 saturated carbocycles. The molecule has 27 heavy (non-hydrogen) atoms. The van der Waals surface area contributed by atoms with E-state index in [4.69, 9.17) is 4.55 Å². The third-order valence-corrected chi connectivity index (χ3v) is 4.55. The normalized spacial score (nSPS) is 12.1. The van der Waals surface area contributed by atoms with Crippen LogP contribution in [-0.4, -0.2) is 31.4 Å². The summed E-state index contributed by atoms with van der Waals surface area (Å²) in [6.45, 7) is 4.01. The smallest absolute Gasteiger partial charge is 0.212 e. The van der Waals surface area contributed by atoms with E-state index in [0.29, 0.717) is 17.7 Å². The average Bonchev–Trinajstić information content (AvgIpc) is 2.63. The van der Waals surface area contributed by atoms with Crippen molar-refractivity contribution < 1.29 is 13.6 Å². The number of anilines is 2. The fourth-order valence-electron chi connectivity index (χ4n) is 2.81. The zero-order chi connectivity index (χ0) is 19.4. The van der Waals surface area contributed by atoms with Crippen LogP contribution in [0.5, 0.6) is 0 Å². The quantitative estimate of drug-likeness (QED) is 0.426. The number of fused-ring (bicyclic) bond motifs is 1. The summed E-state index contributed by atoms with van der Waals surface area (Å²) in [6.07, 6.45) is 0.580. The number of nitrogens with one attached hydrogen (secondary N) is 2. The average molecular weight is 384 g/mol. The molecule has 1 unspecified atom stereocenters. The van der Waals surface area contributed by atoms with Gasteiger partial charge < -0.3 is 15.2 Å². The van der Waals surface area contributed by atoms with E-state index < -0.39 is 11.1 Å². The molecule has 0 fully saturated rings. The fraction of sp³-hybridized carbons (Fsp3) is 0.211. The van der Waals surface area contributed by atoms with Gasteiger partial charge in [-0.3, -0.25) is 4.79 Å². The lowest BCUT2D eigenvalue weighted by molar-refractivity contribution is -0.105. The Bertz CT molecular complexity index is 990. The van der Waals surface area contributed by atoms with Gasteiger partial charge in [0.2, 0.25) is 6.41 Å². The first-order valence-corrected chi connectivity index (χ1v) is 9.69. The molecule has 1 amide bonds. The zero-order valence-electron chi connectivity index (χ0n) is 15.0.